The average Bonchev–Trinajstić information content (AvgIpc) is 3.21. The standard InChI is InChI=1S/C17H22N6O.C6H6/c1-12(14-10-21-23(2)11-14)9-20-7-6-16(24)22-15-5-3-4-13(8-18)17(15)19;1-2-4-6-5-3-1/h3-5,10-12,20H,6-7,9,19H2,1-2H3,(H,22,24);1-6H. The fourth-order valence-corrected chi connectivity index (χ4v) is 2.70. The fourth-order valence-electron chi connectivity index (χ4n) is 2.70. The van der Waals surface area contributed by atoms with E-state index >= 15 is 0 Å². The first-order valence-electron chi connectivity index (χ1n) is 9.79. The molecule has 0 aliphatic heterocycles. The Morgan fingerprint density at radius 1 is 1.20 bits per heavy atom. The second-order valence-corrected chi connectivity index (χ2v) is 6.88. The minimum absolute atomic E-state index is 0.140. The second-order valence-electron chi connectivity index (χ2n) is 6.88. The van der Waals surface area contributed by atoms with Crippen LogP contribution in [0, 0.1) is 11.3 Å². The van der Waals surface area contributed by atoms with E-state index in [2.05, 4.69) is 22.7 Å². The Balaban J connectivity index is 0.000000456. The zero-order valence-corrected chi connectivity index (χ0v) is 17.4. The highest BCUT2D eigenvalue weighted by molar-refractivity contribution is 5.94. The number of amides is 1. The number of carbonyl (C=O) groups excluding carboxylic acids is 1. The van der Waals surface area contributed by atoms with Crippen molar-refractivity contribution in [2.24, 2.45) is 7.05 Å². The predicted octanol–water partition coefficient (Wildman–Crippen LogP) is 3.28. The van der Waals surface area contributed by atoms with E-state index in [0.717, 1.165) is 12.1 Å². The van der Waals surface area contributed by atoms with Gasteiger partial charge in [-0.05, 0) is 23.6 Å². The number of nitrogen functional groups attached to an aromatic ring is 1. The lowest BCUT2D eigenvalue weighted by Gasteiger charge is -2.12. The number of nitrogens with one attached hydrogen (secondary N) is 2. The number of rotatable bonds is 7. The van der Waals surface area contributed by atoms with Crippen molar-refractivity contribution < 1.29 is 4.79 Å². The SMILES string of the molecule is CC(CNCCC(=O)Nc1cccc(C#N)c1N)c1cnn(C)c1.c1ccccc1. The van der Waals surface area contributed by atoms with Gasteiger partial charge in [0, 0.05) is 32.8 Å². The van der Waals surface area contributed by atoms with Crippen LogP contribution < -0.4 is 16.4 Å². The molecule has 0 aliphatic carbocycles. The Labute approximate surface area is 177 Å². The molecule has 0 bridgehead atoms. The van der Waals surface area contributed by atoms with Gasteiger partial charge in [-0.2, -0.15) is 10.4 Å². The zero-order valence-electron chi connectivity index (χ0n) is 17.4. The molecule has 0 saturated carbocycles. The van der Waals surface area contributed by atoms with E-state index in [0.29, 0.717) is 35.8 Å². The zero-order chi connectivity index (χ0) is 21.8. The van der Waals surface area contributed by atoms with Crippen LogP contribution in [0.25, 0.3) is 0 Å². The van der Waals surface area contributed by atoms with E-state index in [9.17, 15) is 4.79 Å². The van der Waals surface area contributed by atoms with Crippen molar-refractivity contribution in [3.63, 3.8) is 0 Å². The van der Waals surface area contributed by atoms with Crippen LogP contribution in [-0.4, -0.2) is 28.8 Å². The highest BCUT2D eigenvalue weighted by atomic mass is 16.1. The Morgan fingerprint density at radius 2 is 1.87 bits per heavy atom. The molecule has 4 N–H and O–H groups in total. The molecule has 0 radical (unpaired) electrons. The van der Waals surface area contributed by atoms with Gasteiger partial charge in [0.25, 0.3) is 0 Å². The van der Waals surface area contributed by atoms with Crippen molar-refractivity contribution in [2.45, 2.75) is 19.3 Å². The Bertz CT molecular complexity index is 935. The maximum atomic E-state index is 12.0. The molecule has 0 saturated heterocycles. The molecule has 7 nitrogen and oxygen atoms in total. The van der Waals surface area contributed by atoms with Gasteiger partial charge in [-0.25, -0.2) is 0 Å². The van der Waals surface area contributed by atoms with E-state index in [1.807, 2.05) is 61.9 Å². The third-order valence-electron chi connectivity index (χ3n) is 4.44. The van der Waals surface area contributed by atoms with Gasteiger partial charge >= 0.3 is 0 Å². The molecule has 2 aromatic carbocycles. The molecular formula is C23H28N6O. The summed E-state index contributed by atoms with van der Waals surface area (Å²) in [5.41, 5.74) is 8.13. The van der Waals surface area contributed by atoms with Crippen molar-refractivity contribution in [2.75, 3.05) is 24.1 Å². The van der Waals surface area contributed by atoms with Crippen molar-refractivity contribution in [1.29, 1.82) is 5.26 Å². The third kappa shape index (κ3) is 7.41. The molecule has 3 rings (SSSR count). The molecule has 7 heteroatoms. The lowest BCUT2D eigenvalue weighted by atomic mass is 10.1. The van der Waals surface area contributed by atoms with Gasteiger partial charge in [-0.1, -0.05) is 49.4 Å². The van der Waals surface area contributed by atoms with Crippen LogP contribution in [0.5, 0.6) is 0 Å². The molecule has 156 valence electrons. The maximum Gasteiger partial charge on any atom is 0.225 e. The van der Waals surface area contributed by atoms with Crippen LogP contribution in [0.4, 0.5) is 11.4 Å². The molecule has 0 aliphatic rings. The Hall–Kier alpha value is -3.63. The molecule has 1 heterocycles. The van der Waals surface area contributed by atoms with Crippen LogP contribution in [0.1, 0.15) is 30.4 Å². The van der Waals surface area contributed by atoms with Crippen molar-refractivity contribution in [1.82, 2.24) is 15.1 Å². The van der Waals surface area contributed by atoms with E-state index < -0.39 is 0 Å². The van der Waals surface area contributed by atoms with Crippen LogP contribution in [-0.2, 0) is 11.8 Å². The summed E-state index contributed by atoms with van der Waals surface area (Å²) in [5.74, 6) is 0.183. The largest absolute Gasteiger partial charge is 0.396 e. The van der Waals surface area contributed by atoms with Crippen LogP contribution in [0.3, 0.4) is 0 Å². The highest BCUT2D eigenvalue weighted by Gasteiger charge is 2.10. The van der Waals surface area contributed by atoms with Gasteiger partial charge in [0.15, 0.2) is 0 Å². The quantitative estimate of drug-likeness (QED) is 0.414. The molecule has 3 aromatic rings. The van der Waals surface area contributed by atoms with E-state index in [-0.39, 0.29) is 5.91 Å². The highest BCUT2D eigenvalue weighted by Crippen LogP contribution is 2.22. The van der Waals surface area contributed by atoms with Gasteiger partial charge in [0.1, 0.15) is 6.07 Å². The van der Waals surface area contributed by atoms with E-state index in [1.54, 1.807) is 22.9 Å². The molecule has 0 fully saturated rings. The van der Waals surface area contributed by atoms with Crippen molar-refractivity contribution in [3.8, 4) is 6.07 Å². The van der Waals surface area contributed by atoms with Gasteiger partial charge < -0.3 is 16.4 Å². The topological polar surface area (TPSA) is 109 Å². The predicted molar refractivity (Wildman–Crippen MR) is 120 cm³/mol. The molecule has 1 atom stereocenters. The van der Waals surface area contributed by atoms with Crippen LogP contribution in [0.15, 0.2) is 67.0 Å². The molecule has 1 amide bonds. The first-order chi connectivity index (χ1) is 14.5. The number of nitriles is 1. The second kappa shape index (κ2) is 12.0. The number of aryl methyl sites for hydroxylation is 1. The van der Waals surface area contributed by atoms with Gasteiger partial charge in [0.2, 0.25) is 5.91 Å². The monoisotopic (exact) mass is 404 g/mol. The molecule has 0 spiro atoms. The average molecular weight is 405 g/mol. The number of carbonyl (C=O) groups is 1. The van der Waals surface area contributed by atoms with Gasteiger partial charge in [0.05, 0.1) is 23.1 Å². The molecule has 1 unspecified atom stereocenters. The summed E-state index contributed by atoms with van der Waals surface area (Å²) in [5, 5.41) is 19.1. The number of hydrogen-bond donors (Lipinski definition) is 3. The van der Waals surface area contributed by atoms with Crippen LogP contribution in [0.2, 0.25) is 0 Å². The number of aromatic nitrogens is 2. The lowest BCUT2D eigenvalue weighted by Crippen LogP contribution is -2.25. The fraction of sp³-hybridized carbons (Fsp3) is 0.261. The lowest BCUT2D eigenvalue weighted by molar-refractivity contribution is -0.116. The normalized spacial score (nSPS) is 11.0. The van der Waals surface area contributed by atoms with E-state index in [4.69, 9.17) is 11.0 Å². The van der Waals surface area contributed by atoms with Crippen molar-refractivity contribution >= 4 is 17.3 Å². The maximum absolute atomic E-state index is 12.0. The summed E-state index contributed by atoms with van der Waals surface area (Å²) in [7, 11) is 1.89. The Kier molecular flexibility index (Phi) is 9.10. The summed E-state index contributed by atoms with van der Waals surface area (Å²) in [6.45, 7) is 3.44. The summed E-state index contributed by atoms with van der Waals surface area (Å²) in [6.07, 6.45) is 4.17. The third-order valence-corrected chi connectivity index (χ3v) is 4.44. The number of nitrogens with two attached hydrogens (primary N) is 1. The minimum Gasteiger partial charge on any atom is -0.396 e. The van der Waals surface area contributed by atoms with Crippen molar-refractivity contribution in [3.05, 3.63) is 78.1 Å². The Morgan fingerprint density at radius 3 is 2.43 bits per heavy atom. The first-order valence-corrected chi connectivity index (χ1v) is 9.79. The van der Waals surface area contributed by atoms with Gasteiger partial charge in [-0.15, -0.1) is 0 Å². The summed E-state index contributed by atoms with van der Waals surface area (Å²) in [6, 6.07) is 19.0. The first kappa shape index (κ1) is 22.7. The number of benzene rings is 2. The molecule has 1 aromatic heterocycles. The number of para-hydroxylation sites is 1. The smallest absolute Gasteiger partial charge is 0.225 e. The number of nitrogens with zero attached hydrogens (tertiary/aromatic N) is 3. The summed E-state index contributed by atoms with van der Waals surface area (Å²) in [4.78, 5) is 12.0. The molecule has 30 heavy (non-hydrogen) atoms. The summed E-state index contributed by atoms with van der Waals surface area (Å²) >= 11 is 0. The van der Waals surface area contributed by atoms with Crippen LogP contribution >= 0.6 is 0 Å². The number of hydrogen-bond acceptors (Lipinski definition) is 5. The molecular weight excluding hydrogens is 376 g/mol. The minimum atomic E-state index is -0.140. The van der Waals surface area contributed by atoms with Gasteiger partial charge in [-0.3, -0.25) is 9.48 Å². The van der Waals surface area contributed by atoms with E-state index in [1.165, 1.54) is 0 Å². The number of anilines is 2. The summed E-state index contributed by atoms with van der Waals surface area (Å²) < 4.78 is 1.78.